The van der Waals surface area contributed by atoms with Crippen molar-refractivity contribution in [2.24, 2.45) is 5.92 Å². The van der Waals surface area contributed by atoms with E-state index in [9.17, 15) is 15.3 Å². The molecule has 0 radical (unpaired) electrons. The summed E-state index contributed by atoms with van der Waals surface area (Å²) in [5.74, 6) is 0.760. The summed E-state index contributed by atoms with van der Waals surface area (Å²) in [6, 6.07) is 0.702. The highest BCUT2D eigenvalue weighted by Crippen LogP contribution is 2.63. The van der Waals surface area contributed by atoms with Crippen molar-refractivity contribution in [1.82, 2.24) is 14.7 Å². The van der Waals surface area contributed by atoms with Crippen LogP contribution in [0.2, 0.25) is 0 Å². The lowest BCUT2D eigenvalue weighted by molar-refractivity contribution is -0.165. The van der Waals surface area contributed by atoms with Crippen LogP contribution in [0.3, 0.4) is 0 Å². The van der Waals surface area contributed by atoms with Crippen molar-refractivity contribution in [1.29, 1.82) is 0 Å². The van der Waals surface area contributed by atoms with Crippen LogP contribution in [-0.4, -0.2) is 87.4 Å². The second-order valence-electron chi connectivity index (χ2n) is 9.53. The molecule has 29 heavy (non-hydrogen) atoms. The predicted molar refractivity (Wildman–Crippen MR) is 101 cm³/mol. The number of aliphatic hydroxyl groups excluding tert-OH is 1. The number of aliphatic hydroxyl groups is 1. The Balaban J connectivity index is 1.54. The van der Waals surface area contributed by atoms with E-state index in [-0.39, 0.29) is 48.7 Å². The fraction of sp³-hybridized carbons (Fsp3) is 0.714. The number of phenolic OH excluding ortho intramolecular Hbond substituents is 1. The molecule has 0 aromatic heterocycles. The largest absolute Gasteiger partial charge is 0.507 e. The average Bonchev–Trinajstić information content (AvgIpc) is 3.40. The molecular formula is C21H27N3O5. The molecule has 0 spiro atoms. The van der Waals surface area contributed by atoms with Gasteiger partial charge in [-0.2, -0.15) is 0 Å². The number of benzene rings is 1. The number of fused-ring (bicyclic) bond motifs is 8. The summed E-state index contributed by atoms with van der Waals surface area (Å²) in [5.41, 5.74) is 2.55. The zero-order chi connectivity index (χ0) is 19.8. The van der Waals surface area contributed by atoms with E-state index < -0.39 is 0 Å². The highest BCUT2D eigenvalue weighted by atomic mass is 16.5. The van der Waals surface area contributed by atoms with Gasteiger partial charge in [-0.25, -0.2) is 0 Å². The van der Waals surface area contributed by atoms with Gasteiger partial charge < -0.3 is 24.8 Å². The number of rotatable bonds is 1. The van der Waals surface area contributed by atoms with E-state index in [1.54, 1.807) is 6.92 Å². The molecule has 8 heteroatoms. The maximum absolute atomic E-state index is 11.3. The van der Waals surface area contributed by atoms with Gasteiger partial charge in [-0.15, -0.1) is 0 Å². The van der Waals surface area contributed by atoms with Gasteiger partial charge in [0.1, 0.15) is 24.0 Å². The fourth-order valence-electron chi connectivity index (χ4n) is 7.66. The van der Waals surface area contributed by atoms with Crippen LogP contribution in [0.5, 0.6) is 11.5 Å². The third kappa shape index (κ3) is 1.76. The first-order valence-corrected chi connectivity index (χ1v) is 10.7. The van der Waals surface area contributed by atoms with Crippen molar-refractivity contribution in [3.63, 3.8) is 0 Å². The molecule has 5 fully saturated rings. The molecule has 5 saturated heterocycles. The van der Waals surface area contributed by atoms with Gasteiger partial charge in [0.25, 0.3) is 0 Å². The number of ether oxygens (including phenoxy) is 2. The van der Waals surface area contributed by atoms with E-state index in [2.05, 4.69) is 21.7 Å². The molecule has 0 saturated carbocycles. The Bertz CT molecular complexity index is 924. The third-order valence-electron chi connectivity index (χ3n) is 8.74. The highest BCUT2D eigenvalue weighted by molar-refractivity contribution is 5.62. The Hall–Kier alpha value is -1.42. The SMILES string of the molecule is Cc1c(O)c2c(c(O)c1CO)C1COC3C4CC5C(C(C2N2CCOC52)N13)N4C. The van der Waals surface area contributed by atoms with Crippen molar-refractivity contribution < 1.29 is 24.8 Å². The zero-order valence-corrected chi connectivity index (χ0v) is 16.7. The van der Waals surface area contributed by atoms with Crippen molar-refractivity contribution >= 4 is 0 Å². The molecular weight excluding hydrogens is 374 g/mol. The fourth-order valence-corrected chi connectivity index (χ4v) is 7.66. The summed E-state index contributed by atoms with van der Waals surface area (Å²) < 4.78 is 12.6. The molecule has 1 aromatic rings. The topological polar surface area (TPSA) is 88.9 Å². The molecule has 8 atom stereocenters. The quantitative estimate of drug-likeness (QED) is 0.583. The lowest BCUT2D eigenvalue weighted by Crippen LogP contribution is -2.71. The molecule has 2 bridgehead atoms. The lowest BCUT2D eigenvalue weighted by atomic mass is 9.73. The van der Waals surface area contributed by atoms with Crippen LogP contribution in [0.4, 0.5) is 0 Å². The Labute approximate surface area is 169 Å². The lowest BCUT2D eigenvalue weighted by Gasteiger charge is -2.59. The van der Waals surface area contributed by atoms with Crippen LogP contribution >= 0.6 is 0 Å². The predicted octanol–water partition coefficient (Wildman–Crippen LogP) is 0.396. The zero-order valence-electron chi connectivity index (χ0n) is 16.7. The van der Waals surface area contributed by atoms with Crippen LogP contribution in [0.1, 0.15) is 40.8 Å². The first kappa shape index (κ1) is 17.3. The molecule has 6 aliphatic rings. The third-order valence-corrected chi connectivity index (χ3v) is 8.74. The van der Waals surface area contributed by atoms with Gasteiger partial charge in [0, 0.05) is 46.8 Å². The first-order chi connectivity index (χ1) is 14.0. The van der Waals surface area contributed by atoms with Crippen molar-refractivity contribution in [3.8, 4) is 11.5 Å². The Kier molecular flexibility index (Phi) is 3.24. The van der Waals surface area contributed by atoms with Gasteiger partial charge in [0.2, 0.25) is 0 Å². The summed E-state index contributed by atoms with van der Waals surface area (Å²) in [6.07, 6.45) is 1.08. The van der Waals surface area contributed by atoms with Gasteiger partial charge in [-0.05, 0) is 20.4 Å². The molecule has 0 aliphatic carbocycles. The van der Waals surface area contributed by atoms with Gasteiger partial charge in [-0.1, -0.05) is 0 Å². The molecule has 1 aromatic carbocycles. The maximum Gasteiger partial charge on any atom is 0.127 e. The van der Waals surface area contributed by atoms with Gasteiger partial charge in [-0.3, -0.25) is 14.7 Å². The van der Waals surface area contributed by atoms with Crippen LogP contribution in [0, 0.1) is 12.8 Å². The first-order valence-electron chi connectivity index (χ1n) is 10.7. The van der Waals surface area contributed by atoms with Gasteiger partial charge >= 0.3 is 0 Å². The molecule has 7 rings (SSSR count). The van der Waals surface area contributed by atoms with Crippen LogP contribution in [0.25, 0.3) is 0 Å². The van der Waals surface area contributed by atoms with E-state index in [1.807, 2.05) is 0 Å². The van der Waals surface area contributed by atoms with E-state index >= 15 is 0 Å². The number of piperidine rings is 1. The molecule has 156 valence electrons. The van der Waals surface area contributed by atoms with Gasteiger partial charge in [0.05, 0.1) is 37.9 Å². The molecule has 0 amide bonds. The van der Waals surface area contributed by atoms with E-state index in [4.69, 9.17) is 9.47 Å². The average molecular weight is 401 g/mol. The molecule has 3 N–H and O–H groups in total. The summed E-state index contributed by atoms with van der Waals surface area (Å²) in [5, 5.41) is 32.4. The van der Waals surface area contributed by atoms with Crippen LogP contribution in [-0.2, 0) is 16.1 Å². The Morgan fingerprint density at radius 1 is 1.07 bits per heavy atom. The van der Waals surface area contributed by atoms with Crippen molar-refractivity contribution in [2.45, 2.75) is 62.6 Å². The highest BCUT2D eigenvalue weighted by Gasteiger charge is 2.69. The normalized spacial score (nSPS) is 44.9. The monoisotopic (exact) mass is 401 g/mol. The molecule has 6 aliphatic heterocycles. The second-order valence-corrected chi connectivity index (χ2v) is 9.53. The second kappa shape index (κ2) is 5.43. The van der Waals surface area contributed by atoms with Crippen LogP contribution < -0.4 is 0 Å². The maximum atomic E-state index is 11.3. The molecule has 6 heterocycles. The summed E-state index contributed by atoms with van der Waals surface area (Å²) in [6.45, 7) is 3.51. The number of likely N-dealkylation sites (N-methyl/N-ethyl adjacent to an activating group) is 1. The number of phenols is 2. The van der Waals surface area contributed by atoms with Crippen molar-refractivity contribution in [3.05, 3.63) is 22.3 Å². The van der Waals surface area contributed by atoms with E-state index in [1.165, 1.54) is 0 Å². The molecule has 8 unspecified atom stereocenters. The minimum atomic E-state index is -0.297. The van der Waals surface area contributed by atoms with Crippen LogP contribution in [0.15, 0.2) is 0 Å². The Morgan fingerprint density at radius 3 is 2.69 bits per heavy atom. The number of nitrogens with zero attached hydrogens (tertiary/aromatic N) is 3. The van der Waals surface area contributed by atoms with E-state index in [0.717, 1.165) is 24.1 Å². The van der Waals surface area contributed by atoms with Crippen molar-refractivity contribution in [2.75, 3.05) is 26.8 Å². The smallest absolute Gasteiger partial charge is 0.127 e. The molecule has 8 nitrogen and oxygen atoms in total. The number of aromatic hydroxyl groups is 2. The number of piperazine rings is 1. The standard InChI is InChI=1S/C21H27N3O5/c1-8-10(6-25)19(27)13-12-7-29-21-11-5-9-15(22(11)2)17(24(12)21)16(14(13)18(8)26)23-3-4-28-20(9)23/h9,11-12,15-17,20-21,25-27H,3-7H2,1-2H3. The van der Waals surface area contributed by atoms with E-state index in [0.29, 0.717) is 42.3 Å². The summed E-state index contributed by atoms with van der Waals surface area (Å²) in [7, 11) is 2.21. The summed E-state index contributed by atoms with van der Waals surface area (Å²) in [4.78, 5) is 7.38. The number of hydrogen-bond acceptors (Lipinski definition) is 8. The summed E-state index contributed by atoms with van der Waals surface area (Å²) >= 11 is 0. The van der Waals surface area contributed by atoms with Gasteiger partial charge in [0.15, 0.2) is 0 Å². The Morgan fingerprint density at radius 2 is 1.90 bits per heavy atom. The number of hydrogen-bond donors (Lipinski definition) is 3. The minimum absolute atomic E-state index is 0.00708. The minimum Gasteiger partial charge on any atom is -0.507 e.